The van der Waals surface area contributed by atoms with E-state index in [1.54, 1.807) is 6.92 Å². The molecule has 1 N–H and O–H groups in total. The molecule has 1 aromatic heterocycles. The van der Waals surface area contributed by atoms with Gasteiger partial charge in [0.2, 0.25) is 0 Å². The van der Waals surface area contributed by atoms with Crippen LogP contribution in [0.25, 0.3) is 0 Å². The molecule has 0 radical (unpaired) electrons. The molecule has 0 fully saturated rings. The van der Waals surface area contributed by atoms with Gasteiger partial charge in [0.05, 0.1) is 11.6 Å². The van der Waals surface area contributed by atoms with Crippen LogP contribution in [0.1, 0.15) is 30.8 Å². The molecule has 0 saturated heterocycles. The number of aryl methyl sites for hydroxylation is 2. The highest BCUT2D eigenvalue weighted by molar-refractivity contribution is 5.69. The average Bonchev–Trinajstić information content (AvgIpc) is 2.54. The van der Waals surface area contributed by atoms with E-state index in [-0.39, 0.29) is 5.92 Å². The lowest BCUT2D eigenvalue weighted by Gasteiger charge is -2.22. The first-order valence-corrected chi connectivity index (χ1v) is 6.31. The van der Waals surface area contributed by atoms with E-state index in [9.17, 15) is 4.79 Å². The zero-order valence-electron chi connectivity index (χ0n) is 11.9. The molecule has 0 bridgehead atoms. The summed E-state index contributed by atoms with van der Waals surface area (Å²) in [5, 5.41) is 13.3. The Morgan fingerprint density at radius 2 is 2.11 bits per heavy atom. The average molecular weight is 253 g/mol. The van der Waals surface area contributed by atoms with E-state index in [4.69, 9.17) is 5.11 Å². The van der Waals surface area contributed by atoms with Crippen LogP contribution in [0.2, 0.25) is 0 Å². The van der Waals surface area contributed by atoms with E-state index in [0.29, 0.717) is 6.54 Å². The molecular weight excluding hydrogens is 230 g/mol. The summed E-state index contributed by atoms with van der Waals surface area (Å²) in [7, 11) is 1.93. The van der Waals surface area contributed by atoms with Crippen molar-refractivity contribution in [2.24, 2.45) is 13.0 Å². The number of aromatic nitrogens is 2. The molecule has 0 aromatic carbocycles. The third-order valence-corrected chi connectivity index (χ3v) is 3.44. The van der Waals surface area contributed by atoms with Crippen molar-refractivity contribution in [2.45, 2.75) is 34.2 Å². The fourth-order valence-corrected chi connectivity index (χ4v) is 2.04. The third-order valence-electron chi connectivity index (χ3n) is 3.44. The maximum Gasteiger partial charge on any atom is 0.307 e. The van der Waals surface area contributed by atoms with Gasteiger partial charge in [0, 0.05) is 31.4 Å². The minimum atomic E-state index is -0.743. The molecule has 0 aliphatic rings. The Kier molecular flexibility index (Phi) is 4.90. The summed E-state index contributed by atoms with van der Waals surface area (Å²) in [5.74, 6) is -1.09. The van der Waals surface area contributed by atoms with Crippen LogP contribution >= 0.6 is 0 Å². The summed E-state index contributed by atoms with van der Waals surface area (Å²) < 4.78 is 1.87. The van der Waals surface area contributed by atoms with Gasteiger partial charge >= 0.3 is 5.97 Å². The summed E-state index contributed by atoms with van der Waals surface area (Å²) >= 11 is 0. The van der Waals surface area contributed by atoms with Crippen molar-refractivity contribution in [3.8, 4) is 0 Å². The summed E-state index contributed by atoms with van der Waals surface area (Å²) in [6.07, 6.45) is 0. The third kappa shape index (κ3) is 3.32. The highest BCUT2D eigenvalue weighted by Crippen LogP contribution is 2.15. The van der Waals surface area contributed by atoms with Gasteiger partial charge < -0.3 is 5.11 Å². The topological polar surface area (TPSA) is 58.4 Å². The molecule has 1 unspecified atom stereocenters. The number of hydrogen-bond donors (Lipinski definition) is 1. The van der Waals surface area contributed by atoms with Crippen molar-refractivity contribution in [2.75, 3.05) is 13.1 Å². The molecule has 0 saturated carbocycles. The van der Waals surface area contributed by atoms with Gasteiger partial charge in [0.25, 0.3) is 0 Å². The van der Waals surface area contributed by atoms with Crippen LogP contribution in [-0.2, 0) is 18.4 Å². The molecule has 1 atom stereocenters. The second kappa shape index (κ2) is 6.00. The van der Waals surface area contributed by atoms with E-state index in [0.717, 1.165) is 24.5 Å². The molecule has 0 aliphatic heterocycles. The van der Waals surface area contributed by atoms with Crippen LogP contribution < -0.4 is 0 Å². The van der Waals surface area contributed by atoms with Crippen LogP contribution in [0.4, 0.5) is 0 Å². The molecule has 1 heterocycles. The Morgan fingerprint density at radius 1 is 1.50 bits per heavy atom. The summed E-state index contributed by atoms with van der Waals surface area (Å²) in [6, 6.07) is 0. The largest absolute Gasteiger partial charge is 0.481 e. The number of carbonyl (C=O) groups is 1. The molecule has 18 heavy (non-hydrogen) atoms. The Morgan fingerprint density at radius 3 is 2.50 bits per heavy atom. The normalized spacial score (nSPS) is 13.0. The van der Waals surface area contributed by atoms with Gasteiger partial charge in [-0.3, -0.25) is 14.4 Å². The lowest BCUT2D eigenvalue weighted by atomic mass is 10.1. The predicted molar refractivity (Wildman–Crippen MR) is 70.4 cm³/mol. The molecule has 0 spiro atoms. The van der Waals surface area contributed by atoms with Crippen molar-refractivity contribution in [1.82, 2.24) is 14.7 Å². The zero-order valence-corrected chi connectivity index (χ0v) is 11.9. The Labute approximate surface area is 108 Å². The Hall–Kier alpha value is -1.36. The molecule has 1 aromatic rings. The van der Waals surface area contributed by atoms with Crippen molar-refractivity contribution in [3.63, 3.8) is 0 Å². The van der Waals surface area contributed by atoms with Gasteiger partial charge in [0.1, 0.15) is 0 Å². The lowest BCUT2D eigenvalue weighted by Crippen LogP contribution is -2.31. The first kappa shape index (κ1) is 14.7. The predicted octanol–water partition coefficient (Wildman–Crippen LogP) is 1.58. The highest BCUT2D eigenvalue weighted by atomic mass is 16.4. The maximum atomic E-state index is 10.9. The van der Waals surface area contributed by atoms with E-state index in [1.165, 1.54) is 5.56 Å². The first-order valence-electron chi connectivity index (χ1n) is 6.31. The Balaban J connectivity index is 2.77. The quantitative estimate of drug-likeness (QED) is 0.836. The van der Waals surface area contributed by atoms with E-state index < -0.39 is 5.97 Å². The summed E-state index contributed by atoms with van der Waals surface area (Å²) in [5.41, 5.74) is 3.38. The van der Waals surface area contributed by atoms with Crippen LogP contribution in [0.15, 0.2) is 0 Å². The van der Waals surface area contributed by atoms with Gasteiger partial charge in [0.15, 0.2) is 0 Å². The molecule has 1 rings (SSSR count). The number of hydrogen-bond acceptors (Lipinski definition) is 3. The molecule has 0 aliphatic carbocycles. The highest BCUT2D eigenvalue weighted by Gasteiger charge is 2.18. The number of rotatable bonds is 6. The smallest absolute Gasteiger partial charge is 0.307 e. The molecule has 5 nitrogen and oxygen atoms in total. The maximum absolute atomic E-state index is 10.9. The second-order valence-corrected chi connectivity index (χ2v) is 4.84. The first-order chi connectivity index (χ1) is 8.36. The molecular formula is C13H23N3O2. The van der Waals surface area contributed by atoms with Gasteiger partial charge in [-0.2, -0.15) is 5.10 Å². The van der Waals surface area contributed by atoms with E-state index >= 15 is 0 Å². The summed E-state index contributed by atoms with van der Waals surface area (Å²) in [6.45, 7) is 10.0. The molecule has 0 amide bonds. The van der Waals surface area contributed by atoms with E-state index in [1.807, 2.05) is 25.6 Å². The van der Waals surface area contributed by atoms with Crippen molar-refractivity contribution < 1.29 is 9.90 Å². The Bertz CT molecular complexity index is 426. The van der Waals surface area contributed by atoms with Crippen LogP contribution in [0.5, 0.6) is 0 Å². The minimum absolute atomic E-state index is 0.345. The van der Waals surface area contributed by atoms with Crippen LogP contribution in [0.3, 0.4) is 0 Å². The SMILES string of the molecule is CCN(Cc1c(C)nn(C)c1C)CC(C)C(=O)O. The van der Waals surface area contributed by atoms with E-state index in [2.05, 4.69) is 16.9 Å². The van der Waals surface area contributed by atoms with Gasteiger partial charge in [-0.1, -0.05) is 13.8 Å². The van der Waals surface area contributed by atoms with Gasteiger partial charge in [-0.25, -0.2) is 0 Å². The number of carboxylic acid groups (broad SMARTS) is 1. The molecule has 5 heteroatoms. The fraction of sp³-hybridized carbons (Fsp3) is 0.692. The van der Waals surface area contributed by atoms with Crippen LogP contribution in [0, 0.1) is 19.8 Å². The number of aliphatic carboxylic acids is 1. The standard InChI is InChI=1S/C13H23N3O2/c1-6-16(7-9(2)13(17)18)8-12-10(3)14-15(5)11(12)4/h9H,6-8H2,1-5H3,(H,17,18). The lowest BCUT2D eigenvalue weighted by molar-refractivity contribution is -0.141. The van der Waals surface area contributed by atoms with Gasteiger partial charge in [-0.15, -0.1) is 0 Å². The number of carboxylic acids is 1. The van der Waals surface area contributed by atoms with Crippen molar-refractivity contribution >= 4 is 5.97 Å². The minimum Gasteiger partial charge on any atom is -0.481 e. The zero-order chi connectivity index (χ0) is 13.9. The fourth-order valence-electron chi connectivity index (χ4n) is 2.04. The van der Waals surface area contributed by atoms with Crippen molar-refractivity contribution in [3.05, 3.63) is 17.0 Å². The number of nitrogens with zero attached hydrogens (tertiary/aromatic N) is 3. The molecule has 102 valence electrons. The van der Waals surface area contributed by atoms with Crippen molar-refractivity contribution in [1.29, 1.82) is 0 Å². The van der Waals surface area contributed by atoms with Gasteiger partial charge in [-0.05, 0) is 20.4 Å². The second-order valence-electron chi connectivity index (χ2n) is 4.84. The monoisotopic (exact) mass is 253 g/mol. The van der Waals surface area contributed by atoms with Crippen LogP contribution in [-0.4, -0.2) is 38.8 Å². The summed E-state index contributed by atoms with van der Waals surface area (Å²) in [4.78, 5) is 13.0.